The van der Waals surface area contributed by atoms with Crippen LogP contribution in [-0.2, 0) is 4.79 Å². The van der Waals surface area contributed by atoms with Gasteiger partial charge in [0.1, 0.15) is 0 Å². The lowest BCUT2D eigenvalue weighted by Crippen LogP contribution is -2.46. The van der Waals surface area contributed by atoms with Gasteiger partial charge in [-0.1, -0.05) is 31.0 Å². The van der Waals surface area contributed by atoms with E-state index in [0.717, 1.165) is 18.2 Å². The molecule has 0 spiro atoms. The van der Waals surface area contributed by atoms with E-state index in [4.69, 9.17) is 0 Å². The minimum atomic E-state index is -0.00446. The van der Waals surface area contributed by atoms with Crippen molar-refractivity contribution in [1.29, 1.82) is 0 Å². The van der Waals surface area contributed by atoms with Crippen molar-refractivity contribution < 1.29 is 4.79 Å². The van der Waals surface area contributed by atoms with Crippen LogP contribution in [0.3, 0.4) is 0 Å². The normalized spacial score (nSPS) is 24.1. The van der Waals surface area contributed by atoms with Crippen LogP contribution in [0.5, 0.6) is 0 Å². The van der Waals surface area contributed by atoms with E-state index in [9.17, 15) is 4.79 Å². The fourth-order valence-corrected chi connectivity index (χ4v) is 5.38. The Bertz CT molecular complexity index is 468. The van der Waals surface area contributed by atoms with E-state index in [1.165, 1.54) is 30.6 Å². The lowest BCUT2D eigenvalue weighted by atomic mass is 10.1. The molecule has 1 aliphatic carbocycles. The fraction of sp³-hybridized carbons (Fsp3) is 0.562. The number of benzene rings is 1. The summed E-state index contributed by atoms with van der Waals surface area (Å²) in [6, 6.07) is 10.6. The number of hydrogen-bond acceptors (Lipinski definition) is 4. The van der Waals surface area contributed by atoms with Crippen molar-refractivity contribution in [2.75, 3.05) is 18.2 Å². The molecular formula is C16H22N2OS2. The van der Waals surface area contributed by atoms with Crippen LogP contribution in [0.2, 0.25) is 0 Å². The molecule has 1 aliphatic heterocycles. The fourth-order valence-electron chi connectivity index (χ4n) is 3.01. The first kappa shape index (κ1) is 15.3. The quantitative estimate of drug-likeness (QED) is 0.875. The smallest absolute Gasteiger partial charge is 0.238 e. The minimum absolute atomic E-state index is 0.00446. The molecule has 1 aromatic carbocycles. The van der Waals surface area contributed by atoms with Crippen molar-refractivity contribution in [3.8, 4) is 0 Å². The molecule has 2 aliphatic rings. The number of hydrogen-bond donors (Lipinski definition) is 2. The van der Waals surface area contributed by atoms with Gasteiger partial charge in [-0.2, -0.15) is 0 Å². The average Bonchev–Trinajstić information content (AvgIpc) is 3.18. The van der Waals surface area contributed by atoms with Crippen LogP contribution < -0.4 is 10.6 Å². The molecule has 1 aromatic rings. The van der Waals surface area contributed by atoms with Crippen LogP contribution in [0.1, 0.15) is 25.7 Å². The molecule has 0 bridgehead atoms. The Morgan fingerprint density at radius 3 is 2.76 bits per heavy atom. The van der Waals surface area contributed by atoms with Crippen LogP contribution in [0, 0.1) is 0 Å². The van der Waals surface area contributed by atoms with Gasteiger partial charge >= 0.3 is 0 Å². The number of nitrogens with one attached hydrogen (secondary N) is 2. The molecule has 1 atom stereocenters. The number of amides is 1. The molecule has 1 unspecified atom stereocenters. The van der Waals surface area contributed by atoms with Crippen LogP contribution in [0.4, 0.5) is 0 Å². The largest absolute Gasteiger partial charge is 0.353 e. The molecule has 2 fully saturated rings. The Morgan fingerprint density at radius 1 is 1.33 bits per heavy atom. The molecule has 3 rings (SSSR count). The van der Waals surface area contributed by atoms with Gasteiger partial charge in [0, 0.05) is 27.8 Å². The third-order valence-corrected chi connectivity index (χ3v) is 6.64. The Balaban J connectivity index is 1.60. The van der Waals surface area contributed by atoms with Gasteiger partial charge in [0.05, 0.1) is 6.04 Å². The highest BCUT2D eigenvalue weighted by Crippen LogP contribution is 2.44. The Labute approximate surface area is 135 Å². The average molecular weight is 322 g/mol. The molecule has 21 heavy (non-hydrogen) atoms. The monoisotopic (exact) mass is 322 g/mol. The summed E-state index contributed by atoms with van der Waals surface area (Å²) >= 11 is 3.74. The summed E-state index contributed by atoms with van der Waals surface area (Å²) in [5.74, 6) is 1.95. The van der Waals surface area contributed by atoms with Crippen LogP contribution >= 0.6 is 23.5 Å². The van der Waals surface area contributed by atoms with Crippen LogP contribution in [0.25, 0.3) is 0 Å². The highest BCUT2D eigenvalue weighted by Gasteiger charge is 2.36. The van der Waals surface area contributed by atoms with Crippen molar-refractivity contribution >= 4 is 29.4 Å². The Hall–Kier alpha value is -0.650. The maximum atomic E-state index is 12.2. The highest BCUT2D eigenvalue weighted by atomic mass is 32.2. The van der Waals surface area contributed by atoms with Gasteiger partial charge in [-0.05, 0) is 25.0 Å². The van der Waals surface area contributed by atoms with Gasteiger partial charge in [0.15, 0.2) is 0 Å². The van der Waals surface area contributed by atoms with E-state index in [0.29, 0.717) is 0 Å². The molecule has 1 heterocycles. The van der Waals surface area contributed by atoms with Crippen molar-refractivity contribution in [2.24, 2.45) is 0 Å². The minimum Gasteiger partial charge on any atom is -0.353 e. The molecule has 0 aromatic heterocycles. The summed E-state index contributed by atoms with van der Waals surface area (Å²) in [5, 5.41) is 6.43. The molecule has 1 amide bonds. The van der Waals surface area contributed by atoms with Gasteiger partial charge in [-0.15, -0.1) is 23.5 Å². The molecule has 0 radical (unpaired) electrons. The number of thioether (sulfide) groups is 2. The number of rotatable bonds is 5. The molecule has 1 saturated heterocycles. The van der Waals surface area contributed by atoms with Gasteiger partial charge in [0.25, 0.3) is 0 Å². The summed E-state index contributed by atoms with van der Waals surface area (Å²) in [6.45, 7) is 0.786. The maximum absolute atomic E-state index is 12.2. The first-order chi connectivity index (χ1) is 10.3. The standard InChI is InChI=1S/C16H22N2OS2/c19-15(14-10-20-12-18-14)17-11-16(8-4-5-9-16)21-13-6-2-1-3-7-13/h1-3,6-7,14,18H,4-5,8-12H2,(H,17,19). The van der Waals surface area contributed by atoms with Crippen molar-refractivity contribution in [1.82, 2.24) is 10.6 Å². The predicted molar refractivity (Wildman–Crippen MR) is 90.8 cm³/mol. The van der Waals surface area contributed by atoms with Crippen LogP contribution in [-0.4, -0.2) is 34.9 Å². The van der Waals surface area contributed by atoms with Gasteiger partial charge in [0.2, 0.25) is 5.91 Å². The number of carbonyl (C=O) groups excluding carboxylic acids is 1. The maximum Gasteiger partial charge on any atom is 0.238 e. The predicted octanol–water partition coefficient (Wildman–Crippen LogP) is 2.87. The van der Waals surface area contributed by atoms with Crippen molar-refractivity contribution in [3.63, 3.8) is 0 Å². The topological polar surface area (TPSA) is 41.1 Å². The van der Waals surface area contributed by atoms with E-state index in [-0.39, 0.29) is 16.7 Å². The highest BCUT2D eigenvalue weighted by molar-refractivity contribution is 8.00. The Kier molecular flexibility index (Phi) is 5.14. The second kappa shape index (κ2) is 7.07. The first-order valence-corrected chi connectivity index (χ1v) is 9.57. The lowest BCUT2D eigenvalue weighted by molar-refractivity contribution is -0.122. The Morgan fingerprint density at radius 2 is 2.10 bits per heavy atom. The molecule has 1 saturated carbocycles. The molecule has 5 heteroatoms. The zero-order valence-electron chi connectivity index (χ0n) is 12.1. The van der Waals surface area contributed by atoms with E-state index in [1.807, 2.05) is 11.8 Å². The van der Waals surface area contributed by atoms with E-state index >= 15 is 0 Å². The van der Waals surface area contributed by atoms with Crippen LogP contribution in [0.15, 0.2) is 35.2 Å². The summed E-state index contributed by atoms with van der Waals surface area (Å²) < 4.78 is 0.183. The summed E-state index contributed by atoms with van der Waals surface area (Å²) in [4.78, 5) is 13.5. The summed E-state index contributed by atoms with van der Waals surface area (Å²) in [7, 11) is 0. The zero-order valence-corrected chi connectivity index (χ0v) is 13.8. The van der Waals surface area contributed by atoms with E-state index in [1.54, 1.807) is 11.8 Å². The van der Waals surface area contributed by atoms with Gasteiger partial charge in [-0.25, -0.2) is 0 Å². The third kappa shape index (κ3) is 3.96. The SMILES string of the molecule is O=C(NCC1(Sc2ccccc2)CCCC1)C1CSCN1. The van der Waals surface area contributed by atoms with E-state index < -0.39 is 0 Å². The molecule has 3 nitrogen and oxygen atoms in total. The molecule has 2 N–H and O–H groups in total. The first-order valence-electron chi connectivity index (χ1n) is 7.60. The third-order valence-electron chi connectivity index (χ3n) is 4.21. The molecular weight excluding hydrogens is 300 g/mol. The van der Waals surface area contributed by atoms with Crippen molar-refractivity contribution in [2.45, 2.75) is 41.4 Å². The number of carbonyl (C=O) groups is 1. The van der Waals surface area contributed by atoms with Crippen molar-refractivity contribution in [3.05, 3.63) is 30.3 Å². The second-order valence-electron chi connectivity index (χ2n) is 5.79. The van der Waals surface area contributed by atoms with Gasteiger partial charge < -0.3 is 5.32 Å². The zero-order chi connectivity index (χ0) is 14.5. The molecule has 114 valence electrons. The van der Waals surface area contributed by atoms with E-state index in [2.05, 4.69) is 41.0 Å². The lowest BCUT2D eigenvalue weighted by Gasteiger charge is -2.29. The summed E-state index contributed by atoms with van der Waals surface area (Å²) in [5.41, 5.74) is 0. The second-order valence-corrected chi connectivity index (χ2v) is 8.37. The summed E-state index contributed by atoms with van der Waals surface area (Å²) in [6.07, 6.45) is 4.93. The van der Waals surface area contributed by atoms with Gasteiger partial charge in [-0.3, -0.25) is 10.1 Å².